The van der Waals surface area contributed by atoms with Crippen molar-refractivity contribution in [1.29, 1.82) is 0 Å². The third-order valence-corrected chi connectivity index (χ3v) is 3.26. The fourth-order valence-electron chi connectivity index (χ4n) is 1.61. The molecule has 2 aromatic rings. The SMILES string of the molecule is COc1cccc(CNCc2ccsc2)c1O. The van der Waals surface area contributed by atoms with Crippen molar-refractivity contribution in [3.05, 3.63) is 46.2 Å². The molecule has 0 amide bonds. The molecule has 4 heteroatoms. The van der Waals surface area contributed by atoms with E-state index in [0.717, 1.165) is 12.1 Å². The summed E-state index contributed by atoms with van der Waals surface area (Å²) in [5, 5.41) is 17.3. The molecule has 1 aromatic heterocycles. The van der Waals surface area contributed by atoms with Crippen LogP contribution in [0.4, 0.5) is 0 Å². The van der Waals surface area contributed by atoms with Crippen LogP contribution in [0.15, 0.2) is 35.0 Å². The van der Waals surface area contributed by atoms with Gasteiger partial charge in [-0.2, -0.15) is 11.3 Å². The number of benzene rings is 1. The van der Waals surface area contributed by atoms with Gasteiger partial charge in [-0.1, -0.05) is 12.1 Å². The third-order valence-electron chi connectivity index (χ3n) is 2.53. The summed E-state index contributed by atoms with van der Waals surface area (Å²) in [7, 11) is 1.55. The van der Waals surface area contributed by atoms with Crippen molar-refractivity contribution in [2.45, 2.75) is 13.1 Å². The van der Waals surface area contributed by atoms with E-state index in [1.54, 1.807) is 24.5 Å². The number of aromatic hydroxyl groups is 1. The lowest BCUT2D eigenvalue weighted by Crippen LogP contribution is -2.12. The van der Waals surface area contributed by atoms with Gasteiger partial charge in [0.1, 0.15) is 0 Å². The molecule has 0 saturated carbocycles. The number of phenolic OH excluding ortho intramolecular Hbond substituents is 1. The van der Waals surface area contributed by atoms with E-state index in [0.29, 0.717) is 12.3 Å². The van der Waals surface area contributed by atoms with Crippen molar-refractivity contribution < 1.29 is 9.84 Å². The van der Waals surface area contributed by atoms with Crippen LogP contribution < -0.4 is 10.1 Å². The lowest BCUT2D eigenvalue weighted by Gasteiger charge is -2.09. The Balaban J connectivity index is 1.95. The molecule has 0 aliphatic heterocycles. The highest BCUT2D eigenvalue weighted by molar-refractivity contribution is 7.07. The van der Waals surface area contributed by atoms with E-state index in [4.69, 9.17) is 4.74 Å². The Morgan fingerprint density at radius 3 is 2.88 bits per heavy atom. The van der Waals surface area contributed by atoms with Crippen LogP contribution in [-0.2, 0) is 13.1 Å². The predicted octanol–water partition coefficient (Wildman–Crippen LogP) is 2.75. The summed E-state index contributed by atoms with van der Waals surface area (Å²) < 4.78 is 5.06. The average Bonchev–Trinajstić information content (AvgIpc) is 2.84. The molecule has 0 spiro atoms. The van der Waals surface area contributed by atoms with E-state index in [2.05, 4.69) is 22.1 Å². The van der Waals surface area contributed by atoms with Crippen molar-refractivity contribution in [1.82, 2.24) is 5.32 Å². The summed E-state index contributed by atoms with van der Waals surface area (Å²) in [6, 6.07) is 7.60. The first-order chi connectivity index (χ1) is 8.31. The van der Waals surface area contributed by atoms with Gasteiger partial charge >= 0.3 is 0 Å². The second-order valence-corrected chi connectivity index (χ2v) is 4.48. The van der Waals surface area contributed by atoms with Crippen LogP contribution in [0.25, 0.3) is 0 Å². The minimum absolute atomic E-state index is 0.216. The van der Waals surface area contributed by atoms with Gasteiger partial charge in [-0.15, -0.1) is 0 Å². The molecule has 0 atom stereocenters. The highest BCUT2D eigenvalue weighted by atomic mass is 32.1. The zero-order chi connectivity index (χ0) is 12.1. The van der Waals surface area contributed by atoms with E-state index < -0.39 is 0 Å². The molecule has 0 bridgehead atoms. The van der Waals surface area contributed by atoms with Crippen molar-refractivity contribution >= 4 is 11.3 Å². The number of hydrogen-bond acceptors (Lipinski definition) is 4. The number of methoxy groups -OCH3 is 1. The zero-order valence-corrected chi connectivity index (χ0v) is 10.5. The van der Waals surface area contributed by atoms with Crippen LogP contribution >= 0.6 is 11.3 Å². The Bertz CT molecular complexity index is 468. The summed E-state index contributed by atoms with van der Waals surface area (Å²) >= 11 is 1.69. The highest BCUT2D eigenvalue weighted by Crippen LogP contribution is 2.29. The standard InChI is InChI=1S/C13H15NO2S/c1-16-12-4-2-3-11(13(12)15)8-14-7-10-5-6-17-9-10/h2-6,9,14-15H,7-8H2,1H3. The molecule has 0 fully saturated rings. The molecule has 2 rings (SSSR count). The first-order valence-electron chi connectivity index (χ1n) is 5.38. The van der Waals surface area contributed by atoms with E-state index in [9.17, 15) is 5.11 Å². The lowest BCUT2D eigenvalue weighted by molar-refractivity contribution is 0.369. The zero-order valence-electron chi connectivity index (χ0n) is 9.64. The predicted molar refractivity (Wildman–Crippen MR) is 69.5 cm³/mol. The van der Waals surface area contributed by atoms with Crippen LogP contribution in [0.2, 0.25) is 0 Å². The number of para-hydroxylation sites is 1. The van der Waals surface area contributed by atoms with Crippen molar-refractivity contribution in [3.63, 3.8) is 0 Å². The molecule has 0 saturated heterocycles. The number of rotatable bonds is 5. The summed E-state index contributed by atoms with van der Waals surface area (Å²) in [5.74, 6) is 0.729. The normalized spacial score (nSPS) is 10.4. The van der Waals surface area contributed by atoms with Crippen LogP contribution in [0.5, 0.6) is 11.5 Å². The Morgan fingerprint density at radius 2 is 2.18 bits per heavy atom. The van der Waals surface area contributed by atoms with Crippen LogP contribution in [0.3, 0.4) is 0 Å². The van der Waals surface area contributed by atoms with Crippen molar-refractivity contribution in [2.75, 3.05) is 7.11 Å². The van der Waals surface area contributed by atoms with Crippen LogP contribution in [0, 0.1) is 0 Å². The lowest BCUT2D eigenvalue weighted by atomic mass is 10.2. The second kappa shape index (κ2) is 5.70. The molecule has 17 heavy (non-hydrogen) atoms. The second-order valence-electron chi connectivity index (χ2n) is 3.70. The molecule has 0 unspecified atom stereocenters. The fourth-order valence-corrected chi connectivity index (χ4v) is 2.28. The minimum atomic E-state index is 0.216. The van der Waals surface area contributed by atoms with Gasteiger partial charge in [-0.25, -0.2) is 0 Å². The van der Waals surface area contributed by atoms with Crippen LogP contribution in [-0.4, -0.2) is 12.2 Å². The van der Waals surface area contributed by atoms with Gasteiger partial charge in [-0.05, 0) is 28.5 Å². The topological polar surface area (TPSA) is 41.5 Å². The number of thiophene rings is 1. The Kier molecular flexibility index (Phi) is 4.01. The first-order valence-corrected chi connectivity index (χ1v) is 6.32. The van der Waals surface area contributed by atoms with Gasteiger partial charge in [0.2, 0.25) is 0 Å². The quantitative estimate of drug-likeness (QED) is 0.856. The number of hydrogen-bond donors (Lipinski definition) is 2. The maximum absolute atomic E-state index is 9.88. The summed E-state index contributed by atoms with van der Waals surface area (Å²) in [6.07, 6.45) is 0. The summed E-state index contributed by atoms with van der Waals surface area (Å²) in [4.78, 5) is 0. The highest BCUT2D eigenvalue weighted by Gasteiger charge is 2.06. The fraction of sp³-hybridized carbons (Fsp3) is 0.231. The average molecular weight is 249 g/mol. The van der Waals surface area contributed by atoms with E-state index >= 15 is 0 Å². The summed E-state index contributed by atoms with van der Waals surface area (Å²) in [6.45, 7) is 1.43. The molecule has 1 aromatic carbocycles. The Morgan fingerprint density at radius 1 is 1.29 bits per heavy atom. The van der Waals surface area contributed by atoms with Crippen molar-refractivity contribution in [2.24, 2.45) is 0 Å². The molecule has 0 radical (unpaired) electrons. The molecular formula is C13H15NO2S. The Labute approximate surface area is 105 Å². The molecule has 90 valence electrons. The molecule has 0 aliphatic carbocycles. The van der Waals surface area contributed by atoms with Gasteiger partial charge < -0.3 is 15.2 Å². The molecule has 2 N–H and O–H groups in total. The first kappa shape index (κ1) is 12.0. The number of phenols is 1. The summed E-state index contributed by atoms with van der Waals surface area (Å²) in [5.41, 5.74) is 2.11. The smallest absolute Gasteiger partial charge is 0.162 e. The monoisotopic (exact) mass is 249 g/mol. The Hall–Kier alpha value is -1.52. The van der Waals surface area contributed by atoms with E-state index in [1.807, 2.05) is 12.1 Å². The largest absolute Gasteiger partial charge is 0.504 e. The number of nitrogens with one attached hydrogen (secondary N) is 1. The van der Waals surface area contributed by atoms with Gasteiger partial charge in [0.25, 0.3) is 0 Å². The minimum Gasteiger partial charge on any atom is -0.504 e. The molecule has 0 aliphatic rings. The van der Waals surface area contributed by atoms with E-state index in [1.165, 1.54) is 5.56 Å². The van der Waals surface area contributed by atoms with Crippen LogP contribution in [0.1, 0.15) is 11.1 Å². The van der Waals surface area contributed by atoms with Gasteiger partial charge in [0.15, 0.2) is 11.5 Å². The van der Waals surface area contributed by atoms with Gasteiger partial charge in [-0.3, -0.25) is 0 Å². The van der Waals surface area contributed by atoms with Gasteiger partial charge in [0.05, 0.1) is 7.11 Å². The molecular weight excluding hydrogens is 234 g/mol. The maximum Gasteiger partial charge on any atom is 0.162 e. The molecule has 3 nitrogen and oxygen atoms in total. The number of ether oxygens (including phenoxy) is 1. The third kappa shape index (κ3) is 2.99. The maximum atomic E-state index is 9.88. The van der Waals surface area contributed by atoms with Crippen molar-refractivity contribution in [3.8, 4) is 11.5 Å². The van der Waals surface area contributed by atoms with Gasteiger partial charge in [0, 0.05) is 18.7 Å². The molecule has 1 heterocycles. The van der Waals surface area contributed by atoms with E-state index in [-0.39, 0.29) is 5.75 Å².